The number of rotatable bonds is 3. The number of amides is 1. The van der Waals surface area contributed by atoms with Gasteiger partial charge in [0.1, 0.15) is 16.4 Å². The Morgan fingerprint density at radius 2 is 1.85 bits per heavy atom. The van der Waals surface area contributed by atoms with E-state index in [0.29, 0.717) is 5.69 Å². The highest BCUT2D eigenvalue weighted by atomic mass is 35.5. The van der Waals surface area contributed by atoms with Gasteiger partial charge < -0.3 is 5.32 Å². The van der Waals surface area contributed by atoms with Crippen molar-refractivity contribution >= 4 is 28.9 Å². The van der Waals surface area contributed by atoms with Gasteiger partial charge in [-0.15, -0.1) is 0 Å². The fourth-order valence-corrected chi connectivity index (χ4v) is 1.86. The molecule has 20 heavy (non-hydrogen) atoms. The van der Waals surface area contributed by atoms with Gasteiger partial charge in [0.2, 0.25) is 0 Å². The predicted octanol–water partition coefficient (Wildman–Crippen LogP) is 3.64. The van der Waals surface area contributed by atoms with Crippen molar-refractivity contribution in [3.05, 3.63) is 69.0 Å². The smallest absolute Gasteiger partial charge is 0.300 e. The largest absolute Gasteiger partial charge is 0.322 e. The van der Waals surface area contributed by atoms with Crippen LogP contribution in [0.15, 0.2) is 42.5 Å². The Bertz CT molecular complexity index is 674. The number of nitro benzene ring substituents is 1. The second-order valence-electron chi connectivity index (χ2n) is 3.85. The first-order valence-corrected chi connectivity index (χ1v) is 5.86. The van der Waals surface area contributed by atoms with Gasteiger partial charge in [-0.25, -0.2) is 4.39 Å². The monoisotopic (exact) mass is 294 g/mol. The van der Waals surface area contributed by atoms with Crippen LogP contribution in [0.2, 0.25) is 5.02 Å². The van der Waals surface area contributed by atoms with E-state index in [1.165, 1.54) is 42.5 Å². The van der Waals surface area contributed by atoms with E-state index in [9.17, 15) is 19.3 Å². The number of nitro groups is 1. The highest BCUT2D eigenvalue weighted by Gasteiger charge is 2.23. The summed E-state index contributed by atoms with van der Waals surface area (Å²) in [6.07, 6.45) is 0. The Hall–Kier alpha value is -2.47. The van der Waals surface area contributed by atoms with Crippen LogP contribution in [-0.2, 0) is 0 Å². The molecule has 0 saturated heterocycles. The maximum atomic E-state index is 12.8. The number of para-hydroxylation sites is 1. The van der Waals surface area contributed by atoms with E-state index in [0.717, 1.165) is 0 Å². The molecule has 0 saturated carbocycles. The zero-order valence-corrected chi connectivity index (χ0v) is 10.7. The molecule has 0 radical (unpaired) electrons. The fraction of sp³-hybridized carbons (Fsp3) is 0. The van der Waals surface area contributed by atoms with Gasteiger partial charge in [0.25, 0.3) is 5.91 Å². The molecule has 0 aromatic heterocycles. The van der Waals surface area contributed by atoms with Crippen molar-refractivity contribution in [1.29, 1.82) is 0 Å². The Kier molecular flexibility index (Phi) is 3.95. The van der Waals surface area contributed by atoms with E-state index < -0.39 is 22.3 Å². The number of carbonyl (C=O) groups is 1. The lowest BCUT2D eigenvalue weighted by Gasteiger charge is -2.06. The first-order valence-electron chi connectivity index (χ1n) is 5.49. The van der Waals surface area contributed by atoms with E-state index in [2.05, 4.69) is 5.32 Å². The van der Waals surface area contributed by atoms with Gasteiger partial charge in [0.15, 0.2) is 0 Å². The molecule has 0 aliphatic carbocycles. The van der Waals surface area contributed by atoms with Gasteiger partial charge in [-0.05, 0) is 36.4 Å². The van der Waals surface area contributed by atoms with Gasteiger partial charge in [0.05, 0.1) is 4.92 Å². The van der Waals surface area contributed by atoms with E-state index in [1.54, 1.807) is 0 Å². The van der Waals surface area contributed by atoms with Gasteiger partial charge in [-0.3, -0.25) is 14.9 Å². The van der Waals surface area contributed by atoms with Crippen LogP contribution >= 0.6 is 11.6 Å². The molecule has 0 unspecified atom stereocenters. The Labute approximate surface area is 118 Å². The quantitative estimate of drug-likeness (QED) is 0.694. The van der Waals surface area contributed by atoms with Crippen LogP contribution in [0, 0.1) is 15.9 Å². The second-order valence-corrected chi connectivity index (χ2v) is 4.26. The summed E-state index contributed by atoms with van der Waals surface area (Å²) >= 11 is 5.72. The molecule has 2 aromatic rings. The van der Waals surface area contributed by atoms with Crippen molar-refractivity contribution in [2.45, 2.75) is 0 Å². The molecule has 5 nitrogen and oxygen atoms in total. The Morgan fingerprint density at radius 1 is 1.20 bits per heavy atom. The second kappa shape index (κ2) is 5.66. The van der Waals surface area contributed by atoms with Crippen LogP contribution in [0.25, 0.3) is 0 Å². The fourth-order valence-electron chi connectivity index (χ4n) is 1.62. The third-order valence-electron chi connectivity index (χ3n) is 2.52. The van der Waals surface area contributed by atoms with Crippen molar-refractivity contribution in [2.24, 2.45) is 0 Å². The standard InChI is InChI=1S/C13H8ClFN2O3/c14-11-3-1-2-10(12(11)17(19)20)13(18)16-9-6-4-8(15)5-7-9/h1-7H,(H,16,18). The minimum absolute atomic E-state index is 0.123. The molecule has 1 amide bonds. The van der Waals surface area contributed by atoms with Crippen molar-refractivity contribution in [2.75, 3.05) is 5.32 Å². The summed E-state index contributed by atoms with van der Waals surface area (Å²) in [5.41, 5.74) is -0.300. The lowest BCUT2D eigenvalue weighted by molar-refractivity contribution is -0.385. The maximum absolute atomic E-state index is 12.8. The van der Waals surface area contributed by atoms with Gasteiger partial charge in [-0.2, -0.15) is 0 Å². The van der Waals surface area contributed by atoms with E-state index in [-0.39, 0.29) is 10.6 Å². The average Bonchev–Trinajstić information content (AvgIpc) is 2.40. The average molecular weight is 295 g/mol. The summed E-state index contributed by atoms with van der Waals surface area (Å²) < 4.78 is 12.8. The van der Waals surface area contributed by atoms with Crippen LogP contribution in [0.3, 0.4) is 0 Å². The van der Waals surface area contributed by atoms with Gasteiger partial charge in [-0.1, -0.05) is 17.7 Å². The van der Waals surface area contributed by atoms with E-state index >= 15 is 0 Å². The third-order valence-corrected chi connectivity index (χ3v) is 2.82. The predicted molar refractivity (Wildman–Crippen MR) is 72.5 cm³/mol. The summed E-state index contributed by atoms with van der Waals surface area (Å²) in [5, 5.41) is 13.3. The summed E-state index contributed by atoms with van der Waals surface area (Å²) in [4.78, 5) is 22.2. The highest BCUT2D eigenvalue weighted by molar-refractivity contribution is 6.33. The summed E-state index contributed by atoms with van der Waals surface area (Å²) in [5.74, 6) is -1.14. The van der Waals surface area contributed by atoms with Crippen LogP contribution in [0.5, 0.6) is 0 Å². The third kappa shape index (κ3) is 2.92. The van der Waals surface area contributed by atoms with Crippen molar-refractivity contribution in [3.8, 4) is 0 Å². The number of hydrogen-bond donors (Lipinski definition) is 1. The molecule has 0 spiro atoms. The minimum Gasteiger partial charge on any atom is -0.322 e. The molecule has 0 aliphatic rings. The van der Waals surface area contributed by atoms with Gasteiger partial charge in [0, 0.05) is 5.69 Å². The van der Waals surface area contributed by atoms with Crippen LogP contribution in [0.1, 0.15) is 10.4 Å². The SMILES string of the molecule is O=C(Nc1ccc(F)cc1)c1cccc(Cl)c1[N+](=O)[O-]. The van der Waals surface area contributed by atoms with Crippen LogP contribution in [-0.4, -0.2) is 10.8 Å². The summed E-state index contributed by atoms with van der Waals surface area (Å²) in [6.45, 7) is 0. The molecular formula is C13H8ClFN2O3. The first kappa shape index (κ1) is 14.0. The zero-order valence-electron chi connectivity index (χ0n) is 9.97. The molecule has 7 heteroatoms. The zero-order chi connectivity index (χ0) is 14.7. The Morgan fingerprint density at radius 3 is 2.45 bits per heavy atom. The Balaban J connectivity index is 2.32. The van der Waals surface area contributed by atoms with Crippen LogP contribution < -0.4 is 5.32 Å². The molecule has 0 bridgehead atoms. The van der Waals surface area contributed by atoms with Crippen molar-refractivity contribution in [3.63, 3.8) is 0 Å². The molecule has 1 N–H and O–H groups in total. The normalized spacial score (nSPS) is 10.1. The number of benzene rings is 2. The molecule has 0 aliphatic heterocycles. The molecule has 102 valence electrons. The maximum Gasteiger partial charge on any atom is 0.300 e. The number of carbonyl (C=O) groups excluding carboxylic acids is 1. The van der Waals surface area contributed by atoms with E-state index in [1.807, 2.05) is 0 Å². The number of nitrogens with one attached hydrogen (secondary N) is 1. The molecule has 0 heterocycles. The topological polar surface area (TPSA) is 72.2 Å². The van der Waals surface area contributed by atoms with Gasteiger partial charge >= 0.3 is 5.69 Å². The van der Waals surface area contributed by atoms with Crippen LogP contribution in [0.4, 0.5) is 15.8 Å². The molecule has 2 rings (SSSR count). The number of anilines is 1. The van der Waals surface area contributed by atoms with Crippen molar-refractivity contribution < 1.29 is 14.1 Å². The lowest BCUT2D eigenvalue weighted by atomic mass is 10.1. The number of halogens is 2. The summed E-state index contributed by atoms with van der Waals surface area (Å²) in [7, 11) is 0. The summed E-state index contributed by atoms with van der Waals surface area (Å²) in [6, 6.07) is 9.10. The highest BCUT2D eigenvalue weighted by Crippen LogP contribution is 2.28. The molecule has 0 atom stereocenters. The minimum atomic E-state index is -0.720. The molecule has 0 fully saturated rings. The number of hydrogen-bond acceptors (Lipinski definition) is 3. The van der Waals surface area contributed by atoms with E-state index in [4.69, 9.17) is 11.6 Å². The lowest BCUT2D eigenvalue weighted by Crippen LogP contribution is -2.14. The van der Waals surface area contributed by atoms with Crippen molar-refractivity contribution in [1.82, 2.24) is 0 Å². The molecule has 2 aromatic carbocycles. The molecular weight excluding hydrogens is 287 g/mol. The first-order chi connectivity index (χ1) is 9.49. The number of nitrogens with zero attached hydrogens (tertiary/aromatic N) is 1.